The molecule has 0 spiro atoms. The first-order valence-corrected chi connectivity index (χ1v) is 14.9. The van der Waals surface area contributed by atoms with E-state index in [2.05, 4.69) is 5.32 Å². The highest BCUT2D eigenvalue weighted by Gasteiger charge is 2.34. The maximum Gasteiger partial charge on any atom is 0.264 e. The molecule has 0 unspecified atom stereocenters. The minimum Gasteiger partial charge on any atom is -0.497 e. The Bertz CT molecular complexity index is 1480. The third-order valence-electron chi connectivity index (χ3n) is 6.44. The van der Waals surface area contributed by atoms with Crippen LogP contribution < -0.4 is 19.1 Å². The first kappa shape index (κ1) is 31.8. The summed E-state index contributed by atoms with van der Waals surface area (Å²) in [6.45, 7) is 6.43. The van der Waals surface area contributed by atoms with Crippen LogP contribution in [0.2, 0.25) is 5.02 Å². The SMILES string of the molecule is COc1ccc(OC)c(N(CC(=O)N(Cc2ccccc2Cl)[C@@H](C)C(=O)NC(C)C)S(=O)(=O)c2ccc(C)cc2)c1. The Balaban J connectivity index is 2.14. The van der Waals surface area contributed by atoms with Gasteiger partial charge in [0.25, 0.3) is 10.0 Å². The standard InChI is InChI=1S/C30H36ClN3O6S/c1-20(2)32-30(36)22(4)33(18-23-9-7-8-10-26(23)31)29(35)19-34(27-17-24(39-5)13-16-28(27)40-6)41(37,38)25-14-11-21(3)12-15-25/h7-17,20,22H,18-19H2,1-6H3,(H,32,36)/t22-/m0/s1. The lowest BCUT2D eigenvalue weighted by atomic mass is 10.1. The van der Waals surface area contributed by atoms with Gasteiger partial charge < -0.3 is 19.7 Å². The van der Waals surface area contributed by atoms with E-state index in [0.717, 1.165) is 9.87 Å². The summed E-state index contributed by atoms with van der Waals surface area (Å²) in [5.74, 6) is -0.406. The van der Waals surface area contributed by atoms with Gasteiger partial charge in [-0.3, -0.25) is 13.9 Å². The Morgan fingerprint density at radius 2 is 1.61 bits per heavy atom. The van der Waals surface area contributed by atoms with Crippen LogP contribution in [0, 0.1) is 6.92 Å². The Kier molecular flexibility index (Phi) is 10.6. The molecule has 0 heterocycles. The predicted molar refractivity (Wildman–Crippen MR) is 160 cm³/mol. The monoisotopic (exact) mass is 601 g/mol. The molecule has 1 N–H and O–H groups in total. The van der Waals surface area contributed by atoms with Crippen molar-refractivity contribution in [3.63, 3.8) is 0 Å². The van der Waals surface area contributed by atoms with Gasteiger partial charge >= 0.3 is 0 Å². The fourth-order valence-corrected chi connectivity index (χ4v) is 5.75. The maximum absolute atomic E-state index is 14.1. The van der Waals surface area contributed by atoms with Crippen molar-refractivity contribution in [2.24, 2.45) is 0 Å². The number of methoxy groups -OCH3 is 2. The number of rotatable bonds is 12. The van der Waals surface area contributed by atoms with Gasteiger partial charge in [0.2, 0.25) is 11.8 Å². The van der Waals surface area contributed by atoms with Crippen LogP contribution in [0.3, 0.4) is 0 Å². The maximum atomic E-state index is 14.1. The van der Waals surface area contributed by atoms with Crippen molar-refractivity contribution >= 4 is 39.1 Å². The van der Waals surface area contributed by atoms with Crippen molar-refractivity contribution < 1.29 is 27.5 Å². The molecule has 0 saturated carbocycles. The van der Waals surface area contributed by atoms with Gasteiger partial charge in [-0.05, 0) is 63.6 Å². The Hall–Kier alpha value is -3.76. The van der Waals surface area contributed by atoms with Crippen LogP contribution >= 0.6 is 11.6 Å². The van der Waals surface area contributed by atoms with E-state index in [1.165, 1.54) is 37.3 Å². The smallest absolute Gasteiger partial charge is 0.264 e. The molecule has 0 bridgehead atoms. The van der Waals surface area contributed by atoms with Gasteiger partial charge in [0, 0.05) is 23.7 Å². The number of amides is 2. The zero-order valence-corrected chi connectivity index (χ0v) is 25.6. The second kappa shape index (κ2) is 13.7. The van der Waals surface area contributed by atoms with Crippen molar-refractivity contribution in [2.75, 3.05) is 25.1 Å². The van der Waals surface area contributed by atoms with E-state index >= 15 is 0 Å². The Morgan fingerprint density at radius 3 is 2.20 bits per heavy atom. The van der Waals surface area contributed by atoms with Gasteiger partial charge in [-0.2, -0.15) is 0 Å². The molecule has 0 aliphatic carbocycles. The van der Waals surface area contributed by atoms with Crippen LogP contribution in [0.5, 0.6) is 11.5 Å². The molecule has 3 aromatic carbocycles. The quantitative estimate of drug-likeness (QED) is 0.320. The number of sulfonamides is 1. The Labute approximate surface area is 247 Å². The molecule has 0 aromatic heterocycles. The average Bonchev–Trinajstić information content (AvgIpc) is 2.94. The number of carbonyl (C=O) groups excluding carboxylic acids is 2. The minimum atomic E-state index is -4.28. The summed E-state index contributed by atoms with van der Waals surface area (Å²) < 4.78 is 40.0. The second-order valence-corrected chi connectivity index (χ2v) is 12.1. The number of halogens is 1. The van der Waals surface area contributed by atoms with Crippen LogP contribution in [-0.4, -0.2) is 58.0 Å². The highest BCUT2D eigenvalue weighted by Crippen LogP contribution is 2.36. The number of nitrogens with one attached hydrogen (secondary N) is 1. The fourth-order valence-electron chi connectivity index (χ4n) is 4.14. The van der Waals surface area contributed by atoms with Crippen LogP contribution in [0.1, 0.15) is 31.9 Å². The van der Waals surface area contributed by atoms with Gasteiger partial charge in [0.1, 0.15) is 24.1 Å². The van der Waals surface area contributed by atoms with E-state index in [4.69, 9.17) is 21.1 Å². The van der Waals surface area contributed by atoms with E-state index < -0.39 is 28.5 Å². The second-order valence-electron chi connectivity index (χ2n) is 9.81. The molecule has 0 saturated heterocycles. The lowest BCUT2D eigenvalue weighted by molar-refractivity contribution is -0.139. The molecule has 3 rings (SSSR count). The molecule has 3 aromatic rings. The summed E-state index contributed by atoms with van der Waals surface area (Å²) in [6.07, 6.45) is 0. The van der Waals surface area contributed by atoms with Crippen LogP contribution in [0.15, 0.2) is 71.6 Å². The predicted octanol–water partition coefficient (Wildman–Crippen LogP) is 4.80. The number of aryl methyl sites for hydroxylation is 1. The summed E-state index contributed by atoms with van der Waals surface area (Å²) >= 11 is 6.41. The van der Waals surface area contributed by atoms with E-state index in [1.54, 1.807) is 55.5 Å². The van der Waals surface area contributed by atoms with Crippen molar-refractivity contribution in [2.45, 2.75) is 51.2 Å². The number of hydrogen-bond acceptors (Lipinski definition) is 6. The summed E-state index contributed by atoms with van der Waals surface area (Å²) in [6, 6.07) is 16.9. The third-order valence-corrected chi connectivity index (χ3v) is 8.58. The van der Waals surface area contributed by atoms with Gasteiger partial charge in [-0.25, -0.2) is 8.42 Å². The molecular formula is C30H36ClN3O6S. The number of ether oxygens (including phenoxy) is 2. The summed E-state index contributed by atoms with van der Waals surface area (Å²) in [4.78, 5) is 28.5. The molecule has 11 heteroatoms. The minimum absolute atomic E-state index is 0.0102. The number of hydrogen-bond donors (Lipinski definition) is 1. The highest BCUT2D eigenvalue weighted by atomic mass is 35.5. The van der Waals surface area contributed by atoms with Gasteiger partial charge in [0.05, 0.1) is 24.8 Å². The summed E-state index contributed by atoms with van der Waals surface area (Å²) in [7, 11) is -1.42. The first-order valence-electron chi connectivity index (χ1n) is 13.0. The summed E-state index contributed by atoms with van der Waals surface area (Å²) in [5.41, 5.74) is 1.60. The third kappa shape index (κ3) is 7.71. The molecule has 220 valence electrons. The van der Waals surface area contributed by atoms with Crippen LogP contribution in [-0.2, 0) is 26.2 Å². The van der Waals surface area contributed by atoms with Crippen LogP contribution in [0.25, 0.3) is 0 Å². The molecule has 0 radical (unpaired) electrons. The molecule has 9 nitrogen and oxygen atoms in total. The summed E-state index contributed by atoms with van der Waals surface area (Å²) in [5, 5.41) is 3.24. The molecule has 0 fully saturated rings. The Morgan fingerprint density at radius 1 is 0.951 bits per heavy atom. The number of nitrogens with zero attached hydrogens (tertiary/aromatic N) is 2. The average molecular weight is 602 g/mol. The highest BCUT2D eigenvalue weighted by molar-refractivity contribution is 7.92. The number of benzene rings is 3. The van der Waals surface area contributed by atoms with Crippen molar-refractivity contribution in [3.05, 3.63) is 82.9 Å². The lowest BCUT2D eigenvalue weighted by Crippen LogP contribution is -2.52. The van der Waals surface area contributed by atoms with E-state index in [1.807, 2.05) is 20.8 Å². The molecule has 2 amide bonds. The van der Waals surface area contributed by atoms with Crippen LogP contribution in [0.4, 0.5) is 5.69 Å². The van der Waals surface area contributed by atoms with E-state index in [0.29, 0.717) is 16.3 Å². The normalized spacial score (nSPS) is 12.0. The topological polar surface area (TPSA) is 105 Å². The molecular weight excluding hydrogens is 566 g/mol. The first-order chi connectivity index (χ1) is 19.4. The zero-order chi connectivity index (χ0) is 30.3. The van der Waals surface area contributed by atoms with Crippen molar-refractivity contribution in [3.8, 4) is 11.5 Å². The van der Waals surface area contributed by atoms with Gasteiger partial charge in [-0.1, -0.05) is 47.5 Å². The molecule has 0 aliphatic heterocycles. The van der Waals surface area contributed by atoms with Gasteiger partial charge in [-0.15, -0.1) is 0 Å². The fraction of sp³-hybridized carbons (Fsp3) is 0.333. The molecule has 0 aliphatic rings. The van der Waals surface area contributed by atoms with E-state index in [-0.39, 0.29) is 34.8 Å². The number of anilines is 1. The lowest BCUT2D eigenvalue weighted by Gasteiger charge is -2.33. The zero-order valence-electron chi connectivity index (χ0n) is 24.0. The molecule has 1 atom stereocenters. The number of carbonyl (C=O) groups is 2. The largest absolute Gasteiger partial charge is 0.497 e. The molecule has 41 heavy (non-hydrogen) atoms. The van der Waals surface area contributed by atoms with Crippen molar-refractivity contribution in [1.29, 1.82) is 0 Å². The van der Waals surface area contributed by atoms with Crippen molar-refractivity contribution in [1.82, 2.24) is 10.2 Å². The van der Waals surface area contributed by atoms with E-state index in [9.17, 15) is 18.0 Å². The van der Waals surface area contributed by atoms with Gasteiger partial charge in [0.15, 0.2) is 0 Å².